The summed E-state index contributed by atoms with van der Waals surface area (Å²) in [4.78, 5) is 80.1. The van der Waals surface area contributed by atoms with Crippen LogP contribution in [0.5, 0.6) is 0 Å². The molecule has 1 heterocycles. The first-order chi connectivity index (χ1) is 19.1. The molecule has 41 heavy (non-hydrogen) atoms. The minimum atomic E-state index is -0.705. The Bertz CT molecular complexity index is 847. The van der Waals surface area contributed by atoms with Crippen molar-refractivity contribution in [1.82, 2.24) is 26.5 Å². The third-order valence-corrected chi connectivity index (χ3v) is 4.04. The summed E-state index contributed by atoms with van der Waals surface area (Å²) in [6.45, 7) is 10.0. The van der Waals surface area contributed by atoms with Crippen LogP contribution in [0, 0.1) is 0 Å². The number of hydrogen-bond donors (Lipinski definition) is 6. The van der Waals surface area contributed by atoms with Crippen molar-refractivity contribution in [3.05, 3.63) is 0 Å². The Hall–Kier alpha value is -3.87. The molecule has 0 aliphatic carbocycles. The average molecular weight is 594 g/mol. The largest absolute Gasteiger partial charge is 0.443 e. The van der Waals surface area contributed by atoms with E-state index in [0.717, 1.165) is 0 Å². The van der Waals surface area contributed by atoms with Crippen molar-refractivity contribution in [1.29, 1.82) is 0 Å². The van der Waals surface area contributed by atoms with Crippen LogP contribution in [0.4, 0.5) is 4.79 Å². The highest BCUT2D eigenvalue weighted by molar-refractivity contribution is 6.01. The van der Waals surface area contributed by atoms with Gasteiger partial charge in [-0.15, -0.1) is 5.06 Å². The maximum Gasteiger partial charge on any atom is 0.421 e. The van der Waals surface area contributed by atoms with Gasteiger partial charge in [0.1, 0.15) is 5.60 Å². The second kappa shape index (κ2) is 22.9. The van der Waals surface area contributed by atoms with Crippen molar-refractivity contribution in [2.45, 2.75) is 65.9 Å². The third kappa shape index (κ3) is 26.1. The van der Waals surface area contributed by atoms with Crippen LogP contribution in [0.15, 0.2) is 0 Å². The van der Waals surface area contributed by atoms with E-state index in [1.165, 1.54) is 13.8 Å². The summed E-state index contributed by atoms with van der Waals surface area (Å²) < 4.78 is 14.8. The van der Waals surface area contributed by atoms with Gasteiger partial charge in [0.2, 0.25) is 17.7 Å². The number of nitrogens with zero attached hydrogens (tertiary/aromatic N) is 1. The zero-order valence-corrected chi connectivity index (χ0v) is 24.2. The number of carbonyl (C=O) groups excluding carboxylic acids is 7. The van der Waals surface area contributed by atoms with Crippen molar-refractivity contribution in [3.8, 4) is 0 Å². The Kier molecular flexibility index (Phi) is 21.9. The molecule has 0 aromatic heterocycles. The highest BCUT2D eigenvalue weighted by Gasteiger charge is 2.32. The van der Waals surface area contributed by atoms with Crippen LogP contribution < -0.4 is 33.2 Å². The van der Waals surface area contributed by atoms with Gasteiger partial charge in [0.05, 0.1) is 39.3 Å². The lowest BCUT2D eigenvalue weighted by Gasteiger charge is -2.18. The fourth-order valence-electron chi connectivity index (χ4n) is 2.31. The first-order valence-electron chi connectivity index (χ1n) is 12.5. The lowest BCUT2D eigenvalue weighted by molar-refractivity contribution is -0.198. The Balaban J connectivity index is 0. The maximum atomic E-state index is 11.3. The predicted molar refractivity (Wildman–Crippen MR) is 141 cm³/mol. The zero-order valence-electron chi connectivity index (χ0n) is 24.2. The lowest BCUT2D eigenvalue weighted by Crippen LogP contribution is -2.36. The Morgan fingerprint density at radius 3 is 1.61 bits per heavy atom. The van der Waals surface area contributed by atoms with Gasteiger partial charge in [0.25, 0.3) is 11.8 Å². The van der Waals surface area contributed by atoms with Gasteiger partial charge >= 0.3 is 12.1 Å². The summed E-state index contributed by atoms with van der Waals surface area (Å²) >= 11 is 0. The fraction of sp³-hybridized carbons (Fsp3) is 0.696. The number of hydrogen-bond acceptors (Lipinski definition) is 13. The lowest BCUT2D eigenvalue weighted by atomic mass is 10.2. The van der Waals surface area contributed by atoms with Gasteiger partial charge in [-0.25, -0.2) is 21.3 Å². The van der Waals surface area contributed by atoms with Gasteiger partial charge in [-0.05, 0) is 20.8 Å². The number of nitrogens with one attached hydrogen (secondary N) is 4. The molecule has 0 atom stereocenters. The third-order valence-electron chi connectivity index (χ3n) is 4.04. The van der Waals surface area contributed by atoms with E-state index in [9.17, 15) is 33.6 Å². The van der Waals surface area contributed by atoms with E-state index in [0.29, 0.717) is 31.4 Å². The summed E-state index contributed by atoms with van der Waals surface area (Å²) in [5.74, 6) is 7.35. The van der Waals surface area contributed by atoms with E-state index in [2.05, 4.69) is 15.5 Å². The van der Waals surface area contributed by atoms with E-state index in [4.69, 9.17) is 25.9 Å². The number of rotatable bonds is 13. The van der Waals surface area contributed by atoms with Gasteiger partial charge in [-0.2, -0.15) is 0 Å². The Morgan fingerprint density at radius 2 is 1.24 bits per heavy atom. The van der Waals surface area contributed by atoms with Gasteiger partial charge in [-0.3, -0.25) is 34.8 Å². The van der Waals surface area contributed by atoms with Crippen molar-refractivity contribution in [3.63, 3.8) is 0 Å². The standard InChI is InChI=1S/C11H16N2O6.C7H15N3O3.C5H12N2O2/c1-8(14)12-5-7-18-6-4-11(17)19-13-9(15)2-3-10(13)16;1-6(11)9-3-5-13-4-2-7(12)10-8;1-5(2,3)9-4(8)7-6/h2-7H2,1H3,(H,12,14);2-5,8H2,1H3,(H,9,11)(H,10,12);6H2,1-3H3,(H,7,8). The van der Waals surface area contributed by atoms with Gasteiger partial charge in [-0.1, -0.05) is 0 Å². The Labute approximate surface area is 238 Å². The predicted octanol–water partition coefficient (Wildman–Crippen LogP) is -1.96. The van der Waals surface area contributed by atoms with E-state index < -0.39 is 29.5 Å². The van der Waals surface area contributed by atoms with Crippen LogP contribution in [0.2, 0.25) is 0 Å². The molecule has 0 aromatic carbocycles. The molecule has 236 valence electrons. The van der Waals surface area contributed by atoms with Crippen molar-refractivity contribution in [2.24, 2.45) is 11.7 Å². The van der Waals surface area contributed by atoms with Crippen LogP contribution in [0.25, 0.3) is 0 Å². The number of ether oxygens (including phenoxy) is 3. The molecular formula is C23H43N7O11. The summed E-state index contributed by atoms with van der Waals surface area (Å²) in [6, 6.07) is 0. The number of hydroxylamine groups is 2. The quantitative estimate of drug-likeness (QED) is 0.0446. The summed E-state index contributed by atoms with van der Waals surface area (Å²) in [5, 5.41) is 5.58. The number of nitrogens with two attached hydrogens (primary N) is 2. The van der Waals surface area contributed by atoms with Crippen LogP contribution >= 0.6 is 0 Å². The highest BCUT2D eigenvalue weighted by Crippen LogP contribution is 2.12. The average Bonchev–Trinajstić information content (AvgIpc) is 3.19. The fourth-order valence-corrected chi connectivity index (χ4v) is 2.31. The minimum absolute atomic E-state index is 0.0688. The molecule has 0 radical (unpaired) electrons. The first-order valence-corrected chi connectivity index (χ1v) is 12.5. The van der Waals surface area contributed by atoms with Crippen LogP contribution in [0.3, 0.4) is 0 Å². The van der Waals surface area contributed by atoms with Crippen LogP contribution in [-0.2, 0) is 47.8 Å². The van der Waals surface area contributed by atoms with Gasteiger partial charge in [0, 0.05) is 39.8 Å². The molecule has 1 aliphatic heterocycles. The normalized spacial score (nSPS) is 12.1. The van der Waals surface area contributed by atoms with E-state index in [1.807, 2.05) is 10.9 Å². The smallest absolute Gasteiger partial charge is 0.421 e. The molecule has 0 saturated carbocycles. The topological polar surface area (TPSA) is 260 Å². The molecule has 1 rings (SSSR count). The van der Waals surface area contributed by atoms with Gasteiger partial charge in [0.15, 0.2) is 0 Å². The van der Waals surface area contributed by atoms with Crippen molar-refractivity contribution in [2.75, 3.05) is 39.5 Å². The van der Waals surface area contributed by atoms with Crippen molar-refractivity contribution < 1.29 is 52.6 Å². The Morgan fingerprint density at radius 1 is 0.780 bits per heavy atom. The summed E-state index contributed by atoms with van der Waals surface area (Å²) in [5.41, 5.74) is 3.38. The van der Waals surface area contributed by atoms with E-state index >= 15 is 0 Å². The molecule has 0 aromatic rings. The molecule has 6 amide bonds. The van der Waals surface area contributed by atoms with E-state index in [1.54, 1.807) is 20.8 Å². The molecule has 0 spiro atoms. The zero-order chi connectivity index (χ0) is 31.8. The monoisotopic (exact) mass is 593 g/mol. The van der Waals surface area contributed by atoms with E-state index in [-0.39, 0.29) is 56.6 Å². The number of hydrazine groups is 2. The molecule has 18 heteroatoms. The molecule has 1 saturated heterocycles. The first kappa shape index (κ1) is 39.3. The summed E-state index contributed by atoms with van der Waals surface area (Å²) in [6.07, 6.45) is -0.311. The maximum absolute atomic E-state index is 11.3. The molecule has 1 aliphatic rings. The number of carbonyl (C=O) groups is 7. The van der Waals surface area contributed by atoms with Gasteiger partial charge < -0.3 is 29.7 Å². The molecule has 18 nitrogen and oxygen atoms in total. The molecule has 1 fully saturated rings. The van der Waals surface area contributed by atoms with Crippen molar-refractivity contribution >= 4 is 41.6 Å². The highest BCUT2D eigenvalue weighted by atomic mass is 16.7. The molecular weight excluding hydrogens is 550 g/mol. The second-order valence-electron chi connectivity index (χ2n) is 8.95. The number of imide groups is 1. The SMILES string of the molecule is CC(=O)NCCOCCC(=O)NN.CC(=O)NCCOCCC(=O)ON1C(=O)CCC1=O.CC(C)(C)OC(=O)NN. The van der Waals surface area contributed by atoms with Crippen LogP contribution in [-0.4, -0.2) is 91.8 Å². The molecule has 8 N–H and O–H groups in total. The number of amides is 6. The summed E-state index contributed by atoms with van der Waals surface area (Å²) in [7, 11) is 0. The second-order valence-corrected chi connectivity index (χ2v) is 8.95. The molecule has 0 unspecified atom stereocenters. The van der Waals surface area contributed by atoms with Crippen LogP contribution in [0.1, 0.15) is 60.3 Å². The minimum Gasteiger partial charge on any atom is -0.443 e. The molecule has 0 bridgehead atoms.